The average Bonchev–Trinajstić information content (AvgIpc) is 2.48. The van der Waals surface area contributed by atoms with Crippen molar-refractivity contribution in [3.05, 3.63) is 0 Å². The number of piperazine rings is 2. The molecule has 0 bridgehead atoms. The van der Waals surface area contributed by atoms with Crippen molar-refractivity contribution in [1.29, 1.82) is 0 Å². The smallest absolute Gasteiger partial charge is 0.0870 e. The molecule has 20 heavy (non-hydrogen) atoms. The third-order valence-electron chi connectivity index (χ3n) is 5.59. The minimum absolute atomic E-state index is 0.234. The molecule has 1 atom stereocenters. The summed E-state index contributed by atoms with van der Waals surface area (Å²) in [6.07, 6.45) is 10.0. The van der Waals surface area contributed by atoms with Gasteiger partial charge < -0.3 is 10.6 Å². The van der Waals surface area contributed by atoms with Gasteiger partial charge in [0.2, 0.25) is 0 Å². The molecule has 3 rings (SSSR count). The molecule has 0 aromatic rings. The van der Waals surface area contributed by atoms with Gasteiger partial charge in [-0.3, -0.25) is 10.2 Å². The minimum atomic E-state index is 0.234. The van der Waals surface area contributed by atoms with Gasteiger partial charge >= 0.3 is 0 Å². The van der Waals surface area contributed by atoms with Crippen LogP contribution in [0.1, 0.15) is 44.9 Å². The van der Waals surface area contributed by atoms with Gasteiger partial charge in [-0.1, -0.05) is 32.1 Å². The second-order valence-corrected chi connectivity index (χ2v) is 6.81. The zero-order chi connectivity index (χ0) is 13.7. The largest absolute Gasteiger partial charge is 0.314 e. The maximum absolute atomic E-state index is 3.96. The molecular formula is C16H32N4. The van der Waals surface area contributed by atoms with Gasteiger partial charge in [0.05, 0.1) is 5.66 Å². The molecule has 0 amide bonds. The molecule has 1 unspecified atom stereocenters. The lowest BCUT2D eigenvalue weighted by molar-refractivity contribution is -0.0270. The zero-order valence-corrected chi connectivity index (χ0v) is 12.9. The van der Waals surface area contributed by atoms with E-state index in [2.05, 4.69) is 20.9 Å². The van der Waals surface area contributed by atoms with Crippen molar-refractivity contribution < 1.29 is 0 Å². The van der Waals surface area contributed by atoms with E-state index in [0.29, 0.717) is 0 Å². The number of hydrogen-bond acceptors (Lipinski definition) is 4. The highest BCUT2D eigenvalue weighted by molar-refractivity contribution is 5.00. The van der Waals surface area contributed by atoms with Gasteiger partial charge in [0.1, 0.15) is 0 Å². The highest BCUT2D eigenvalue weighted by Gasteiger charge is 2.44. The number of nitrogens with zero attached hydrogens (tertiary/aromatic N) is 1. The summed E-state index contributed by atoms with van der Waals surface area (Å²) in [5, 5.41) is 11.1. The molecule has 0 aromatic heterocycles. The van der Waals surface area contributed by atoms with Crippen molar-refractivity contribution >= 4 is 0 Å². The molecule has 1 aliphatic carbocycles. The Kier molecular flexibility index (Phi) is 5.32. The van der Waals surface area contributed by atoms with Crippen molar-refractivity contribution in [3.8, 4) is 0 Å². The Morgan fingerprint density at radius 1 is 0.750 bits per heavy atom. The Bertz CT molecular complexity index is 274. The van der Waals surface area contributed by atoms with E-state index in [0.717, 1.165) is 38.6 Å². The third-order valence-corrected chi connectivity index (χ3v) is 5.59. The number of hydrogen-bond donors (Lipinski definition) is 3. The van der Waals surface area contributed by atoms with Crippen LogP contribution in [0.2, 0.25) is 0 Å². The fraction of sp³-hybridized carbons (Fsp3) is 1.00. The first kappa shape index (κ1) is 14.8. The van der Waals surface area contributed by atoms with Crippen LogP contribution < -0.4 is 16.0 Å². The predicted octanol–water partition coefficient (Wildman–Crippen LogP) is 1.14. The van der Waals surface area contributed by atoms with Crippen molar-refractivity contribution in [2.75, 3.05) is 45.8 Å². The summed E-state index contributed by atoms with van der Waals surface area (Å²) in [6.45, 7) is 8.08. The molecule has 3 N–H and O–H groups in total. The van der Waals surface area contributed by atoms with Crippen LogP contribution in [0.25, 0.3) is 0 Å². The number of nitrogens with one attached hydrogen (secondary N) is 3. The van der Waals surface area contributed by atoms with E-state index in [1.54, 1.807) is 0 Å². The average molecular weight is 280 g/mol. The summed E-state index contributed by atoms with van der Waals surface area (Å²) in [4.78, 5) is 2.75. The fourth-order valence-electron chi connectivity index (χ4n) is 4.48. The van der Waals surface area contributed by atoms with Crippen LogP contribution in [-0.2, 0) is 0 Å². The molecule has 3 aliphatic rings. The van der Waals surface area contributed by atoms with Crippen LogP contribution in [0.4, 0.5) is 0 Å². The molecule has 0 spiro atoms. The highest BCUT2D eigenvalue weighted by atomic mass is 15.4. The fourth-order valence-corrected chi connectivity index (χ4v) is 4.48. The summed E-state index contributed by atoms with van der Waals surface area (Å²) >= 11 is 0. The van der Waals surface area contributed by atoms with Crippen molar-refractivity contribution in [2.24, 2.45) is 5.92 Å². The third kappa shape index (κ3) is 3.19. The Balaban J connectivity index is 1.75. The molecule has 2 saturated heterocycles. The van der Waals surface area contributed by atoms with Crippen LogP contribution in [0.5, 0.6) is 0 Å². The maximum atomic E-state index is 3.96. The van der Waals surface area contributed by atoms with E-state index in [4.69, 9.17) is 0 Å². The second-order valence-electron chi connectivity index (χ2n) is 6.81. The monoisotopic (exact) mass is 280 g/mol. The summed E-state index contributed by atoms with van der Waals surface area (Å²) in [6, 6.07) is 0. The molecule has 2 heterocycles. The van der Waals surface area contributed by atoms with Crippen LogP contribution in [-0.4, -0.2) is 56.4 Å². The van der Waals surface area contributed by atoms with E-state index in [-0.39, 0.29) is 5.66 Å². The molecule has 0 aromatic carbocycles. The summed E-state index contributed by atoms with van der Waals surface area (Å²) in [5.74, 6) is 0.827. The van der Waals surface area contributed by atoms with Gasteiger partial charge in [-0.2, -0.15) is 0 Å². The molecule has 3 fully saturated rings. The first-order valence-electron chi connectivity index (χ1n) is 8.83. The Labute approximate surface area is 124 Å². The van der Waals surface area contributed by atoms with E-state index < -0.39 is 0 Å². The molecule has 2 aliphatic heterocycles. The lowest BCUT2D eigenvalue weighted by atomic mass is 9.79. The second kappa shape index (κ2) is 7.21. The van der Waals surface area contributed by atoms with Crippen LogP contribution in [0.3, 0.4) is 0 Å². The summed E-state index contributed by atoms with van der Waals surface area (Å²) in [5.41, 5.74) is 0.234. The van der Waals surface area contributed by atoms with Gasteiger partial charge in [0.25, 0.3) is 0 Å². The highest BCUT2D eigenvalue weighted by Crippen LogP contribution is 2.34. The molecule has 1 saturated carbocycles. The zero-order valence-electron chi connectivity index (χ0n) is 12.9. The van der Waals surface area contributed by atoms with Gasteiger partial charge in [0, 0.05) is 45.8 Å². The first-order chi connectivity index (χ1) is 9.92. The summed E-state index contributed by atoms with van der Waals surface area (Å²) < 4.78 is 0. The number of rotatable bonds is 2. The molecule has 4 heteroatoms. The van der Waals surface area contributed by atoms with E-state index in [9.17, 15) is 0 Å². The Hall–Kier alpha value is -0.160. The van der Waals surface area contributed by atoms with Crippen molar-refractivity contribution in [2.45, 2.75) is 50.6 Å². The normalized spacial score (nSPS) is 35.4. The Morgan fingerprint density at radius 2 is 1.45 bits per heavy atom. The van der Waals surface area contributed by atoms with Crippen LogP contribution >= 0.6 is 0 Å². The topological polar surface area (TPSA) is 39.3 Å². The maximum Gasteiger partial charge on any atom is 0.0870 e. The van der Waals surface area contributed by atoms with E-state index in [1.807, 2.05) is 0 Å². The van der Waals surface area contributed by atoms with Crippen LogP contribution in [0, 0.1) is 5.92 Å². The van der Waals surface area contributed by atoms with E-state index in [1.165, 1.54) is 58.0 Å². The van der Waals surface area contributed by atoms with Gasteiger partial charge in [0.15, 0.2) is 0 Å². The first-order valence-corrected chi connectivity index (χ1v) is 8.83. The lowest BCUT2D eigenvalue weighted by Gasteiger charge is -2.53. The van der Waals surface area contributed by atoms with Crippen LogP contribution in [0.15, 0.2) is 0 Å². The molecular weight excluding hydrogens is 248 g/mol. The molecule has 0 radical (unpaired) electrons. The SMILES string of the molecule is C1CCCC(C2(N3CCNCC3)CNCCN2)CCC1. The summed E-state index contributed by atoms with van der Waals surface area (Å²) in [7, 11) is 0. The molecule has 116 valence electrons. The van der Waals surface area contributed by atoms with Crippen molar-refractivity contribution in [1.82, 2.24) is 20.9 Å². The molecule has 4 nitrogen and oxygen atoms in total. The predicted molar refractivity (Wildman–Crippen MR) is 83.9 cm³/mol. The van der Waals surface area contributed by atoms with Gasteiger partial charge in [-0.05, 0) is 18.8 Å². The minimum Gasteiger partial charge on any atom is -0.314 e. The lowest BCUT2D eigenvalue weighted by Crippen LogP contribution is -2.73. The van der Waals surface area contributed by atoms with Gasteiger partial charge in [-0.15, -0.1) is 0 Å². The van der Waals surface area contributed by atoms with Crippen molar-refractivity contribution in [3.63, 3.8) is 0 Å². The standard InChI is InChI=1S/C16H32N4/c1-2-4-6-15(7-5-3-1)16(14-18-8-9-19-16)20-12-10-17-11-13-20/h15,17-19H,1-14H2. The Morgan fingerprint density at radius 3 is 2.10 bits per heavy atom. The quantitative estimate of drug-likeness (QED) is 0.709. The van der Waals surface area contributed by atoms with E-state index >= 15 is 0 Å². The van der Waals surface area contributed by atoms with Gasteiger partial charge in [-0.25, -0.2) is 0 Å².